The van der Waals surface area contributed by atoms with Crippen molar-refractivity contribution in [1.29, 1.82) is 0 Å². The van der Waals surface area contributed by atoms with Gasteiger partial charge in [0.15, 0.2) is 0 Å². The third kappa shape index (κ3) is 3.33. The van der Waals surface area contributed by atoms with Gasteiger partial charge in [-0.15, -0.1) is 0 Å². The predicted octanol–water partition coefficient (Wildman–Crippen LogP) is 1.49. The van der Waals surface area contributed by atoms with Crippen molar-refractivity contribution in [3.8, 4) is 0 Å². The molecule has 2 unspecified atom stereocenters. The van der Waals surface area contributed by atoms with Crippen LogP contribution in [0, 0.1) is 5.92 Å². The topological polar surface area (TPSA) is 35.2 Å². The smallest absolute Gasteiger partial charge is 0.0510 e. The third-order valence-electron chi connectivity index (χ3n) is 2.19. The summed E-state index contributed by atoms with van der Waals surface area (Å²) in [6.45, 7) is 6.20. The molecule has 0 aromatic rings. The highest BCUT2D eigenvalue weighted by Gasteiger charge is 2.22. The Hall–Kier alpha value is 0.270. The number of nitrogens with two attached hydrogens (primary N) is 1. The van der Waals surface area contributed by atoms with Gasteiger partial charge in [-0.3, -0.25) is 0 Å². The molecule has 1 heterocycles. The molecule has 0 saturated carbocycles. The van der Waals surface area contributed by atoms with Gasteiger partial charge in [0.05, 0.1) is 6.61 Å². The molecule has 0 aromatic heterocycles. The average Bonchev–Trinajstić information content (AvgIpc) is 2.51. The molecule has 12 heavy (non-hydrogen) atoms. The van der Waals surface area contributed by atoms with Gasteiger partial charge in [-0.25, -0.2) is 0 Å². The Bertz CT molecular complexity index is 124. The lowest BCUT2D eigenvalue weighted by Gasteiger charge is -2.17. The summed E-state index contributed by atoms with van der Waals surface area (Å²) in [7, 11) is 0. The van der Waals surface area contributed by atoms with E-state index in [1.54, 1.807) is 0 Å². The van der Waals surface area contributed by atoms with Crippen LogP contribution in [0.25, 0.3) is 0 Å². The van der Waals surface area contributed by atoms with Crippen molar-refractivity contribution >= 4 is 11.8 Å². The molecule has 0 amide bonds. The third-order valence-corrected chi connectivity index (χ3v) is 3.44. The van der Waals surface area contributed by atoms with Crippen LogP contribution in [0.15, 0.2) is 0 Å². The summed E-state index contributed by atoms with van der Waals surface area (Å²) < 4.78 is 5.30. The van der Waals surface area contributed by atoms with E-state index < -0.39 is 0 Å². The number of hydrogen-bond donors (Lipinski definition) is 1. The zero-order valence-corrected chi connectivity index (χ0v) is 8.77. The van der Waals surface area contributed by atoms with Gasteiger partial charge in [0.25, 0.3) is 0 Å². The second-order valence-electron chi connectivity index (χ2n) is 3.67. The molecule has 2 N–H and O–H groups in total. The first-order valence-corrected chi connectivity index (χ1v) is 5.70. The minimum Gasteiger partial charge on any atom is -0.381 e. The van der Waals surface area contributed by atoms with Crippen LogP contribution >= 0.6 is 11.8 Å². The van der Waals surface area contributed by atoms with Crippen LogP contribution < -0.4 is 5.73 Å². The van der Waals surface area contributed by atoms with E-state index in [-0.39, 0.29) is 0 Å². The monoisotopic (exact) mass is 189 g/mol. The van der Waals surface area contributed by atoms with Crippen LogP contribution in [0.1, 0.15) is 20.3 Å². The van der Waals surface area contributed by atoms with E-state index in [0.717, 1.165) is 25.4 Å². The van der Waals surface area contributed by atoms with Crippen molar-refractivity contribution in [1.82, 2.24) is 0 Å². The highest BCUT2D eigenvalue weighted by Crippen LogP contribution is 2.19. The Balaban J connectivity index is 2.13. The van der Waals surface area contributed by atoms with Crippen LogP contribution in [-0.2, 0) is 4.74 Å². The Morgan fingerprint density at radius 3 is 2.83 bits per heavy atom. The van der Waals surface area contributed by atoms with Crippen molar-refractivity contribution < 1.29 is 4.74 Å². The molecule has 1 aliphatic rings. The highest BCUT2D eigenvalue weighted by molar-refractivity contribution is 7.99. The maximum Gasteiger partial charge on any atom is 0.0510 e. The van der Waals surface area contributed by atoms with Crippen LogP contribution in [0.5, 0.6) is 0 Å². The summed E-state index contributed by atoms with van der Waals surface area (Å²) in [6, 6.07) is 0.333. The Morgan fingerprint density at radius 2 is 2.33 bits per heavy atom. The summed E-state index contributed by atoms with van der Waals surface area (Å²) in [5.74, 6) is 1.68. The second-order valence-corrected chi connectivity index (χ2v) is 5.28. The van der Waals surface area contributed by atoms with E-state index in [1.807, 2.05) is 11.8 Å². The molecule has 1 saturated heterocycles. The molecule has 1 rings (SSSR count). The van der Waals surface area contributed by atoms with Gasteiger partial charge in [0.1, 0.15) is 0 Å². The summed E-state index contributed by atoms with van der Waals surface area (Å²) >= 11 is 1.95. The first-order chi connectivity index (χ1) is 5.70. The quantitative estimate of drug-likeness (QED) is 0.728. The Labute approximate surface area is 79.2 Å². The minimum atomic E-state index is 0.333. The normalized spacial score (nSPS) is 26.5. The van der Waals surface area contributed by atoms with Crippen LogP contribution in [0.2, 0.25) is 0 Å². The average molecular weight is 189 g/mol. The lowest BCUT2D eigenvalue weighted by molar-refractivity contribution is 0.182. The number of rotatable bonds is 4. The molecule has 0 radical (unpaired) electrons. The molecule has 1 fully saturated rings. The molecule has 0 aliphatic carbocycles. The summed E-state index contributed by atoms with van der Waals surface area (Å²) in [6.07, 6.45) is 1.15. The summed E-state index contributed by atoms with van der Waals surface area (Å²) in [5, 5.41) is 0.693. The lowest BCUT2D eigenvalue weighted by atomic mass is 10.0. The van der Waals surface area contributed by atoms with E-state index in [0.29, 0.717) is 17.2 Å². The van der Waals surface area contributed by atoms with Gasteiger partial charge < -0.3 is 10.5 Å². The van der Waals surface area contributed by atoms with Crippen LogP contribution in [0.3, 0.4) is 0 Å². The van der Waals surface area contributed by atoms with Crippen LogP contribution in [-0.4, -0.2) is 30.3 Å². The number of ether oxygens (including phenoxy) is 1. The standard InChI is InChI=1S/C9H19NOS/c1-7(2)12-6-9(10)8-3-4-11-5-8/h7-9H,3-6,10H2,1-2H3. The molecular weight excluding hydrogens is 170 g/mol. The van der Waals surface area contributed by atoms with E-state index in [2.05, 4.69) is 13.8 Å². The molecule has 1 aliphatic heterocycles. The van der Waals surface area contributed by atoms with E-state index in [4.69, 9.17) is 10.5 Å². The minimum absolute atomic E-state index is 0.333. The maximum absolute atomic E-state index is 6.03. The Morgan fingerprint density at radius 1 is 1.58 bits per heavy atom. The fraction of sp³-hybridized carbons (Fsp3) is 1.00. The number of thioether (sulfide) groups is 1. The second kappa shape index (κ2) is 5.10. The van der Waals surface area contributed by atoms with Crippen molar-refractivity contribution in [2.24, 2.45) is 11.7 Å². The number of hydrogen-bond acceptors (Lipinski definition) is 3. The van der Waals surface area contributed by atoms with Gasteiger partial charge in [-0.2, -0.15) is 11.8 Å². The van der Waals surface area contributed by atoms with E-state index in [1.165, 1.54) is 0 Å². The van der Waals surface area contributed by atoms with Gasteiger partial charge in [-0.05, 0) is 11.7 Å². The molecule has 0 spiro atoms. The predicted molar refractivity (Wildman–Crippen MR) is 54.5 cm³/mol. The lowest BCUT2D eigenvalue weighted by Crippen LogP contribution is -2.33. The summed E-state index contributed by atoms with van der Waals surface area (Å²) in [4.78, 5) is 0. The molecule has 0 bridgehead atoms. The van der Waals surface area contributed by atoms with Gasteiger partial charge in [0.2, 0.25) is 0 Å². The Kier molecular flexibility index (Phi) is 4.40. The fourth-order valence-electron chi connectivity index (χ4n) is 1.33. The first-order valence-electron chi connectivity index (χ1n) is 4.65. The van der Waals surface area contributed by atoms with E-state index in [9.17, 15) is 0 Å². The molecule has 3 heteroatoms. The fourth-order valence-corrected chi connectivity index (χ4v) is 2.21. The molecule has 2 nitrogen and oxygen atoms in total. The summed E-state index contributed by atoms with van der Waals surface area (Å²) in [5.41, 5.74) is 6.03. The largest absolute Gasteiger partial charge is 0.381 e. The van der Waals surface area contributed by atoms with Crippen molar-refractivity contribution in [2.75, 3.05) is 19.0 Å². The maximum atomic E-state index is 6.03. The van der Waals surface area contributed by atoms with E-state index >= 15 is 0 Å². The SMILES string of the molecule is CC(C)SCC(N)C1CCOC1. The first kappa shape index (κ1) is 10.4. The van der Waals surface area contributed by atoms with Crippen molar-refractivity contribution in [3.05, 3.63) is 0 Å². The van der Waals surface area contributed by atoms with Gasteiger partial charge in [-0.1, -0.05) is 13.8 Å². The van der Waals surface area contributed by atoms with Gasteiger partial charge in [0, 0.05) is 24.3 Å². The van der Waals surface area contributed by atoms with Gasteiger partial charge >= 0.3 is 0 Å². The zero-order valence-electron chi connectivity index (χ0n) is 7.95. The molecule has 2 atom stereocenters. The van der Waals surface area contributed by atoms with Crippen molar-refractivity contribution in [3.63, 3.8) is 0 Å². The van der Waals surface area contributed by atoms with Crippen LogP contribution in [0.4, 0.5) is 0 Å². The molecule has 0 aromatic carbocycles. The zero-order chi connectivity index (χ0) is 8.97. The molecule has 72 valence electrons. The van der Waals surface area contributed by atoms with Crippen molar-refractivity contribution in [2.45, 2.75) is 31.6 Å². The molecular formula is C9H19NOS. The highest BCUT2D eigenvalue weighted by atomic mass is 32.2.